The first-order valence-corrected chi connectivity index (χ1v) is 6.23. The maximum absolute atomic E-state index is 9.82. The molecule has 90 valence electrons. The Morgan fingerprint density at radius 3 is 3.05 bits per heavy atom. The summed E-state index contributed by atoms with van der Waals surface area (Å²) in [7, 11) is 0. The van der Waals surface area contributed by atoms with Gasteiger partial charge in [-0.05, 0) is 45.8 Å². The molecule has 1 aromatic carbocycles. The van der Waals surface area contributed by atoms with Crippen molar-refractivity contribution in [1.29, 1.82) is 0 Å². The zero-order valence-corrected chi connectivity index (χ0v) is 9.94. The van der Waals surface area contributed by atoms with Crippen LogP contribution in [0.4, 0.5) is 0 Å². The second-order valence-electron chi connectivity index (χ2n) is 5.07. The predicted octanol–water partition coefficient (Wildman–Crippen LogP) is 2.83. The molecule has 19 heavy (non-hydrogen) atoms. The average molecular weight is 247 g/mol. The average Bonchev–Trinajstić information content (AvgIpc) is 2.91. The SMILES string of the molecule is Oc1cccc2c3c4c(cc(c5nn[nH]c54)C3)c-2c1. The molecule has 0 radical (unpaired) electrons. The third-order valence-corrected chi connectivity index (χ3v) is 4.09. The van der Waals surface area contributed by atoms with E-state index in [-0.39, 0.29) is 0 Å². The molecular formula is C15H9N3O. The van der Waals surface area contributed by atoms with Crippen LogP contribution in [0.3, 0.4) is 0 Å². The summed E-state index contributed by atoms with van der Waals surface area (Å²) in [5.41, 5.74) is 6.83. The molecule has 0 unspecified atom stereocenters. The van der Waals surface area contributed by atoms with Crippen LogP contribution in [0.25, 0.3) is 32.9 Å². The number of hydrogen-bond acceptors (Lipinski definition) is 3. The predicted molar refractivity (Wildman–Crippen MR) is 72.5 cm³/mol. The van der Waals surface area contributed by atoms with E-state index >= 15 is 0 Å². The fraction of sp³-hybridized carbons (Fsp3) is 0.0667. The van der Waals surface area contributed by atoms with Gasteiger partial charge >= 0.3 is 0 Å². The third kappa shape index (κ3) is 0.966. The molecule has 4 bridgehead atoms. The van der Waals surface area contributed by atoms with Crippen LogP contribution in [0.1, 0.15) is 11.1 Å². The number of aromatic hydroxyl groups is 1. The third-order valence-electron chi connectivity index (χ3n) is 4.09. The quantitative estimate of drug-likeness (QED) is 0.442. The van der Waals surface area contributed by atoms with E-state index in [4.69, 9.17) is 0 Å². The number of rotatable bonds is 0. The number of aromatic amines is 1. The van der Waals surface area contributed by atoms with Crippen molar-refractivity contribution < 1.29 is 5.11 Å². The van der Waals surface area contributed by atoms with E-state index in [9.17, 15) is 5.11 Å². The monoisotopic (exact) mass is 247 g/mol. The van der Waals surface area contributed by atoms with Crippen LogP contribution in [-0.2, 0) is 6.42 Å². The molecule has 0 amide bonds. The molecule has 0 fully saturated rings. The highest BCUT2D eigenvalue weighted by molar-refractivity contribution is 6.19. The lowest BCUT2D eigenvalue weighted by Crippen LogP contribution is -1.96. The zero-order valence-electron chi connectivity index (χ0n) is 9.94. The summed E-state index contributed by atoms with van der Waals surface area (Å²) in [6.45, 7) is 0. The van der Waals surface area contributed by atoms with Gasteiger partial charge in [-0.3, -0.25) is 5.10 Å². The summed E-state index contributed by atoms with van der Waals surface area (Å²) in [6, 6.07) is 9.70. The van der Waals surface area contributed by atoms with Crippen LogP contribution < -0.4 is 0 Å². The number of nitrogens with one attached hydrogen (secondary N) is 1. The van der Waals surface area contributed by atoms with Crippen molar-refractivity contribution >= 4 is 21.8 Å². The molecule has 4 nitrogen and oxygen atoms in total. The molecule has 2 N–H and O–H groups in total. The zero-order chi connectivity index (χ0) is 12.6. The van der Waals surface area contributed by atoms with E-state index in [1.54, 1.807) is 6.07 Å². The van der Waals surface area contributed by atoms with Crippen LogP contribution >= 0.6 is 0 Å². The van der Waals surface area contributed by atoms with Gasteiger partial charge < -0.3 is 5.11 Å². The molecule has 4 heteroatoms. The molecule has 0 spiro atoms. The molecular weight excluding hydrogens is 238 g/mol. The Balaban J connectivity index is 2.15. The lowest BCUT2D eigenvalue weighted by Gasteiger charge is -2.10. The lowest BCUT2D eigenvalue weighted by molar-refractivity contribution is 0.476. The van der Waals surface area contributed by atoms with Crippen LogP contribution in [0.15, 0.2) is 30.3 Å². The molecule has 0 saturated heterocycles. The van der Waals surface area contributed by atoms with Gasteiger partial charge in [0.25, 0.3) is 0 Å². The number of fused-ring (bicyclic) bond motifs is 1. The Bertz CT molecular complexity index is 955. The van der Waals surface area contributed by atoms with Crippen molar-refractivity contribution in [2.24, 2.45) is 0 Å². The Morgan fingerprint density at radius 1 is 1.16 bits per heavy atom. The van der Waals surface area contributed by atoms with Crippen molar-refractivity contribution in [2.75, 3.05) is 0 Å². The Labute approximate surface area is 108 Å². The first-order valence-electron chi connectivity index (χ1n) is 6.23. The largest absolute Gasteiger partial charge is 0.508 e. The minimum absolute atomic E-state index is 0.291. The molecule has 4 aliphatic rings. The summed E-state index contributed by atoms with van der Waals surface area (Å²) in [4.78, 5) is 0. The van der Waals surface area contributed by atoms with Gasteiger partial charge in [0.2, 0.25) is 0 Å². The van der Waals surface area contributed by atoms with Crippen LogP contribution in [-0.4, -0.2) is 20.5 Å². The van der Waals surface area contributed by atoms with Gasteiger partial charge in [0.05, 0.1) is 5.52 Å². The Hall–Kier alpha value is -2.62. The summed E-state index contributed by atoms with van der Waals surface area (Å²) in [6.07, 6.45) is 0.899. The summed E-state index contributed by atoms with van der Waals surface area (Å²) >= 11 is 0. The van der Waals surface area contributed by atoms with Crippen LogP contribution in [0, 0.1) is 0 Å². The molecule has 1 heterocycles. The highest BCUT2D eigenvalue weighted by Gasteiger charge is 2.27. The van der Waals surface area contributed by atoms with Gasteiger partial charge in [-0.15, -0.1) is 5.10 Å². The smallest absolute Gasteiger partial charge is 0.117 e. The highest BCUT2D eigenvalue weighted by atomic mass is 16.3. The van der Waals surface area contributed by atoms with Gasteiger partial charge in [-0.25, -0.2) is 0 Å². The molecule has 0 saturated carbocycles. The minimum atomic E-state index is 0.291. The number of aromatic nitrogens is 3. The second-order valence-corrected chi connectivity index (χ2v) is 5.07. The number of nitrogens with zero attached hydrogens (tertiary/aromatic N) is 2. The number of hydrogen-bond donors (Lipinski definition) is 2. The maximum atomic E-state index is 9.82. The number of benzene rings is 1. The second kappa shape index (κ2) is 2.85. The standard InChI is InChI=1S/C15H9N3O/c19-8-2-1-3-9-10(6-8)12-5-7-4-11(9)13(12)15-14(7)16-18-17-15/h1-3,5-6,19H,4H2,(H,16,17,18). The van der Waals surface area contributed by atoms with Gasteiger partial charge in [-0.1, -0.05) is 17.3 Å². The highest BCUT2D eigenvalue weighted by Crippen LogP contribution is 2.47. The molecule has 4 aliphatic carbocycles. The summed E-state index contributed by atoms with van der Waals surface area (Å²) < 4.78 is 0. The van der Waals surface area contributed by atoms with E-state index in [1.165, 1.54) is 27.5 Å². The van der Waals surface area contributed by atoms with Crippen molar-refractivity contribution in [3.8, 4) is 16.9 Å². The van der Waals surface area contributed by atoms with E-state index in [2.05, 4.69) is 27.5 Å². The number of H-pyrrole nitrogens is 1. The lowest BCUT2D eigenvalue weighted by atomic mass is 9.93. The first kappa shape index (κ1) is 9.33. The molecule has 0 aliphatic heterocycles. The fourth-order valence-electron chi connectivity index (χ4n) is 3.34. The summed E-state index contributed by atoms with van der Waals surface area (Å²) in [5, 5.41) is 23.3. The van der Waals surface area contributed by atoms with E-state index in [0.717, 1.165) is 23.0 Å². The van der Waals surface area contributed by atoms with Crippen molar-refractivity contribution in [2.45, 2.75) is 6.42 Å². The fourth-order valence-corrected chi connectivity index (χ4v) is 3.34. The van der Waals surface area contributed by atoms with Gasteiger partial charge in [0.15, 0.2) is 0 Å². The first-order chi connectivity index (χ1) is 9.33. The van der Waals surface area contributed by atoms with Crippen LogP contribution in [0.5, 0.6) is 5.75 Å². The minimum Gasteiger partial charge on any atom is -0.508 e. The van der Waals surface area contributed by atoms with Gasteiger partial charge in [-0.2, -0.15) is 0 Å². The van der Waals surface area contributed by atoms with Crippen molar-refractivity contribution in [1.82, 2.24) is 15.4 Å². The van der Waals surface area contributed by atoms with Crippen LogP contribution in [0.2, 0.25) is 0 Å². The Kier molecular flexibility index (Phi) is 1.40. The van der Waals surface area contributed by atoms with Crippen molar-refractivity contribution in [3.05, 3.63) is 41.5 Å². The van der Waals surface area contributed by atoms with E-state index in [1.807, 2.05) is 12.1 Å². The van der Waals surface area contributed by atoms with Gasteiger partial charge in [0, 0.05) is 11.8 Å². The molecule has 0 atom stereocenters. The normalized spacial score (nSPS) is 13.3. The Morgan fingerprint density at radius 2 is 2.11 bits per heavy atom. The molecule has 2 aromatic rings. The van der Waals surface area contributed by atoms with Gasteiger partial charge in [0.1, 0.15) is 11.3 Å². The van der Waals surface area contributed by atoms with Crippen molar-refractivity contribution in [3.63, 3.8) is 0 Å². The summed E-state index contributed by atoms with van der Waals surface area (Å²) in [5.74, 6) is 0.291. The van der Waals surface area contributed by atoms with E-state index < -0.39 is 0 Å². The molecule has 6 rings (SSSR count). The van der Waals surface area contributed by atoms with E-state index in [0.29, 0.717) is 5.75 Å². The maximum Gasteiger partial charge on any atom is 0.117 e. The topological polar surface area (TPSA) is 61.8 Å². The molecule has 1 aromatic heterocycles.